The molecule has 0 heterocycles. The summed E-state index contributed by atoms with van der Waals surface area (Å²) in [5.74, 6) is 7.07. The van der Waals surface area contributed by atoms with Gasteiger partial charge in [0.05, 0.1) is 5.75 Å². The summed E-state index contributed by atoms with van der Waals surface area (Å²) in [4.78, 5) is 0. The van der Waals surface area contributed by atoms with Crippen LogP contribution in [0.25, 0.3) is 0 Å². The van der Waals surface area contributed by atoms with Gasteiger partial charge in [0.15, 0.2) is 0 Å². The third-order valence-corrected chi connectivity index (χ3v) is 8.68. The summed E-state index contributed by atoms with van der Waals surface area (Å²) in [5, 5.41) is 3.57. The van der Waals surface area contributed by atoms with Crippen molar-refractivity contribution in [2.75, 3.05) is 5.75 Å². The normalized spacial score (nSPS) is 11.0. The molecule has 0 saturated heterocycles. The highest BCUT2D eigenvalue weighted by atomic mass is 32.2. The Bertz CT molecular complexity index is 516. The first-order valence-electron chi connectivity index (χ1n) is 6.51. The van der Waals surface area contributed by atoms with Crippen molar-refractivity contribution in [2.45, 2.75) is 38.9 Å². The van der Waals surface area contributed by atoms with Gasteiger partial charge >= 0.3 is 0 Å². The van der Waals surface area contributed by atoms with Crippen LogP contribution in [0.4, 0.5) is 0 Å². The Labute approximate surface area is 123 Å². The van der Waals surface area contributed by atoms with Crippen LogP contribution >= 0.6 is 11.8 Å². The number of benzene rings is 1. The molecule has 0 saturated carbocycles. The van der Waals surface area contributed by atoms with Crippen LogP contribution in [0.15, 0.2) is 30.3 Å². The molecule has 1 aromatic carbocycles. The van der Waals surface area contributed by atoms with E-state index in [1.165, 1.54) is 0 Å². The zero-order valence-corrected chi connectivity index (χ0v) is 14.3. The molecule has 0 N–H and O–H groups in total. The number of hydrogen-bond acceptors (Lipinski definition) is 1. The molecule has 0 aliphatic rings. The largest absolute Gasteiger partial charge is 0.138 e. The minimum atomic E-state index is -1.46. The summed E-state index contributed by atoms with van der Waals surface area (Å²) in [5.41, 5.74) is 4.55. The Morgan fingerprint density at radius 2 is 1.74 bits per heavy atom. The van der Waals surface area contributed by atoms with E-state index in [-0.39, 0.29) is 0 Å². The minimum Gasteiger partial charge on any atom is -0.119 e. The topological polar surface area (TPSA) is 0 Å². The first-order valence-corrected chi connectivity index (χ1v) is 10.5. The fraction of sp³-hybridized carbons (Fsp3) is 0.412. The van der Waals surface area contributed by atoms with Gasteiger partial charge in [-0.15, -0.1) is 5.54 Å². The van der Waals surface area contributed by atoms with Crippen LogP contribution in [0, 0.1) is 22.6 Å². The molecule has 1 rings (SSSR count). The van der Waals surface area contributed by atoms with Crippen LogP contribution in [0.2, 0.25) is 18.1 Å². The van der Waals surface area contributed by atoms with Crippen molar-refractivity contribution in [1.82, 2.24) is 0 Å². The van der Waals surface area contributed by atoms with E-state index >= 15 is 0 Å². The van der Waals surface area contributed by atoms with Crippen LogP contribution in [-0.4, -0.2) is 13.8 Å². The van der Waals surface area contributed by atoms with Gasteiger partial charge in [-0.25, -0.2) is 0 Å². The molecule has 0 amide bonds. The standard InChI is InChI=1S/C17H22SSi/c1-17(2,3)19(4,5)15-14-18-13-9-12-16-10-7-6-8-11-16/h6-8,10-11H,13H2,1-5H3. The van der Waals surface area contributed by atoms with Gasteiger partial charge < -0.3 is 0 Å². The molecular weight excluding hydrogens is 264 g/mol. The van der Waals surface area contributed by atoms with Crippen molar-refractivity contribution in [3.05, 3.63) is 35.9 Å². The second kappa shape index (κ2) is 6.90. The summed E-state index contributed by atoms with van der Waals surface area (Å²) >= 11 is 1.62. The highest BCUT2D eigenvalue weighted by Crippen LogP contribution is 2.35. The molecule has 0 bridgehead atoms. The van der Waals surface area contributed by atoms with Crippen molar-refractivity contribution >= 4 is 19.8 Å². The molecule has 0 aromatic heterocycles. The maximum Gasteiger partial charge on any atom is 0.138 e. The van der Waals surface area contributed by atoms with E-state index in [2.05, 4.69) is 56.5 Å². The van der Waals surface area contributed by atoms with Gasteiger partial charge in [0.2, 0.25) is 0 Å². The maximum absolute atomic E-state index is 3.48. The lowest BCUT2D eigenvalue weighted by Crippen LogP contribution is -2.35. The van der Waals surface area contributed by atoms with E-state index in [0.717, 1.165) is 11.3 Å². The quantitative estimate of drug-likeness (QED) is 0.407. The number of rotatable bonds is 1. The fourth-order valence-corrected chi connectivity index (χ4v) is 2.98. The Hall–Kier alpha value is -1.09. The molecular formula is C17H22SSi. The lowest BCUT2D eigenvalue weighted by atomic mass is 10.2. The molecule has 0 aliphatic carbocycles. The van der Waals surface area contributed by atoms with E-state index in [1.807, 2.05) is 30.3 Å². The maximum atomic E-state index is 3.48. The third kappa shape index (κ3) is 5.60. The monoisotopic (exact) mass is 286 g/mol. The molecule has 0 nitrogen and oxygen atoms in total. The van der Waals surface area contributed by atoms with Crippen LogP contribution in [0.1, 0.15) is 26.3 Å². The molecule has 19 heavy (non-hydrogen) atoms. The lowest BCUT2D eigenvalue weighted by molar-refractivity contribution is 0.731. The summed E-state index contributed by atoms with van der Waals surface area (Å²) in [6, 6.07) is 10.1. The molecule has 0 aliphatic heterocycles. The van der Waals surface area contributed by atoms with Crippen LogP contribution in [-0.2, 0) is 0 Å². The average molecular weight is 287 g/mol. The van der Waals surface area contributed by atoms with Gasteiger partial charge in [0, 0.05) is 5.56 Å². The van der Waals surface area contributed by atoms with Crippen LogP contribution in [0.5, 0.6) is 0 Å². The van der Waals surface area contributed by atoms with Gasteiger partial charge in [-0.3, -0.25) is 0 Å². The van der Waals surface area contributed by atoms with E-state index < -0.39 is 8.07 Å². The molecule has 100 valence electrons. The van der Waals surface area contributed by atoms with Gasteiger partial charge in [-0.05, 0) is 22.4 Å². The number of thioether (sulfide) groups is 1. The van der Waals surface area contributed by atoms with Gasteiger partial charge in [0.1, 0.15) is 8.07 Å². The predicted molar refractivity (Wildman–Crippen MR) is 90.8 cm³/mol. The molecule has 0 spiro atoms. The third-order valence-electron chi connectivity index (χ3n) is 3.46. The van der Waals surface area contributed by atoms with Crippen molar-refractivity contribution in [2.24, 2.45) is 0 Å². The first-order chi connectivity index (χ1) is 8.83. The fourth-order valence-electron chi connectivity index (χ4n) is 1.08. The van der Waals surface area contributed by atoms with Gasteiger partial charge in [0.25, 0.3) is 0 Å². The molecule has 0 unspecified atom stereocenters. The molecule has 0 radical (unpaired) electrons. The van der Waals surface area contributed by atoms with Crippen molar-refractivity contribution in [3.8, 4) is 22.6 Å². The molecule has 0 fully saturated rings. The lowest BCUT2D eigenvalue weighted by Gasteiger charge is -2.31. The minimum absolute atomic E-state index is 0.330. The van der Waals surface area contributed by atoms with Crippen molar-refractivity contribution < 1.29 is 0 Å². The highest BCUT2D eigenvalue weighted by Gasteiger charge is 2.33. The zero-order valence-electron chi connectivity index (χ0n) is 12.5. The summed E-state index contributed by atoms with van der Waals surface area (Å²) < 4.78 is 0. The first kappa shape index (κ1) is 16.0. The Morgan fingerprint density at radius 3 is 2.32 bits per heavy atom. The SMILES string of the molecule is CC(C)(C)[Si](C)(C)C#CSCC#Cc1ccccc1. The van der Waals surface area contributed by atoms with Gasteiger partial charge in [-0.2, -0.15) is 0 Å². The summed E-state index contributed by atoms with van der Waals surface area (Å²) in [6.07, 6.45) is 0. The van der Waals surface area contributed by atoms with E-state index in [4.69, 9.17) is 0 Å². The second-order valence-electron chi connectivity index (χ2n) is 6.06. The Kier molecular flexibility index (Phi) is 5.79. The average Bonchev–Trinajstić information content (AvgIpc) is 2.33. The van der Waals surface area contributed by atoms with E-state index in [9.17, 15) is 0 Å². The highest BCUT2D eigenvalue weighted by molar-refractivity contribution is 8.04. The smallest absolute Gasteiger partial charge is 0.119 e. The van der Waals surface area contributed by atoms with Crippen LogP contribution < -0.4 is 0 Å². The summed E-state index contributed by atoms with van der Waals surface area (Å²) in [7, 11) is -1.46. The van der Waals surface area contributed by atoms with E-state index in [0.29, 0.717) is 5.04 Å². The zero-order chi connectivity index (χ0) is 14.4. The van der Waals surface area contributed by atoms with E-state index in [1.54, 1.807) is 11.8 Å². The Balaban J connectivity index is 2.47. The van der Waals surface area contributed by atoms with Crippen LogP contribution in [0.3, 0.4) is 0 Å². The number of hydrogen-bond donors (Lipinski definition) is 0. The Morgan fingerprint density at radius 1 is 1.11 bits per heavy atom. The molecule has 1 aromatic rings. The molecule has 2 heteroatoms. The second-order valence-corrected chi connectivity index (χ2v) is 11.8. The van der Waals surface area contributed by atoms with Crippen molar-refractivity contribution in [3.63, 3.8) is 0 Å². The predicted octanol–water partition coefficient (Wildman–Crippen LogP) is 4.78. The summed E-state index contributed by atoms with van der Waals surface area (Å²) in [6.45, 7) is 11.5. The molecule has 0 atom stereocenters. The van der Waals surface area contributed by atoms with Gasteiger partial charge in [-0.1, -0.05) is 75.7 Å². The van der Waals surface area contributed by atoms with Crippen molar-refractivity contribution in [1.29, 1.82) is 0 Å².